The Morgan fingerprint density at radius 1 is 1.14 bits per heavy atom. The molecule has 150 valence electrons. The summed E-state index contributed by atoms with van der Waals surface area (Å²) in [5.74, 6) is -1.62. The third-order valence-electron chi connectivity index (χ3n) is 5.19. The van der Waals surface area contributed by atoms with Crippen LogP contribution in [0.1, 0.15) is 17.0 Å². The van der Waals surface area contributed by atoms with Crippen LogP contribution in [0, 0.1) is 25.5 Å². The van der Waals surface area contributed by atoms with Gasteiger partial charge >= 0.3 is 5.76 Å². The highest BCUT2D eigenvalue weighted by Gasteiger charge is 2.19. The van der Waals surface area contributed by atoms with Crippen molar-refractivity contribution in [2.75, 3.05) is 7.11 Å². The molecule has 0 bridgehead atoms. The molecule has 2 aromatic carbocycles. The number of oxazole rings is 1. The number of aromatic nitrogens is 3. The highest BCUT2D eigenvalue weighted by Crippen LogP contribution is 2.31. The van der Waals surface area contributed by atoms with Gasteiger partial charge in [0.2, 0.25) is 0 Å². The lowest BCUT2D eigenvalue weighted by atomic mass is 10.0. The summed E-state index contributed by atoms with van der Waals surface area (Å²) in [4.78, 5) is 12.4. The molecule has 0 saturated heterocycles. The Morgan fingerprint density at radius 2 is 1.90 bits per heavy atom. The Morgan fingerprint density at radius 3 is 2.52 bits per heavy atom. The highest BCUT2D eigenvalue weighted by molar-refractivity contribution is 5.81. The quantitative estimate of drug-likeness (QED) is 0.521. The van der Waals surface area contributed by atoms with E-state index in [0.29, 0.717) is 11.3 Å². The minimum atomic E-state index is -0.733. The summed E-state index contributed by atoms with van der Waals surface area (Å²) in [6.45, 7) is 3.90. The Balaban J connectivity index is 1.89. The molecule has 6 nitrogen and oxygen atoms in total. The van der Waals surface area contributed by atoms with Crippen LogP contribution < -0.4 is 10.5 Å². The zero-order valence-electron chi connectivity index (χ0n) is 16.4. The van der Waals surface area contributed by atoms with Gasteiger partial charge in [-0.15, -0.1) is 0 Å². The van der Waals surface area contributed by atoms with Gasteiger partial charge in [0.05, 0.1) is 24.9 Å². The van der Waals surface area contributed by atoms with Crippen LogP contribution in [0.3, 0.4) is 0 Å². The van der Waals surface area contributed by atoms with Gasteiger partial charge < -0.3 is 9.15 Å². The second-order valence-corrected chi connectivity index (χ2v) is 6.88. The molecule has 29 heavy (non-hydrogen) atoms. The molecule has 8 heteroatoms. The highest BCUT2D eigenvalue weighted by atomic mass is 19.1. The van der Waals surface area contributed by atoms with E-state index in [1.807, 2.05) is 20.9 Å². The third-order valence-corrected chi connectivity index (χ3v) is 5.19. The van der Waals surface area contributed by atoms with Gasteiger partial charge in [0.1, 0.15) is 11.6 Å². The largest absolute Gasteiger partial charge is 0.497 e. The number of aryl methyl sites for hydroxylation is 2. The number of nitrogens with zero attached hydrogens (tertiary/aromatic N) is 3. The molecule has 0 aliphatic rings. The van der Waals surface area contributed by atoms with Gasteiger partial charge in [0.25, 0.3) is 0 Å². The van der Waals surface area contributed by atoms with Crippen molar-refractivity contribution in [2.45, 2.75) is 20.4 Å². The predicted octanol–water partition coefficient (Wildman–Crippen LogP) is 3.95. The monoisotopic (exact) mass is 399 g/mol. The standard InChI is InChI=1S/C21H19F2N3O3/c1-11-16(12(2)25(3)24-11)10-26-19-8-13(7-18(23)20(19)29-21(26)27)15-6-5-14(28-4)9-17(15)22/h5-9H,10H2,1-4H3. The first-order valence-corrected chi connectivity index (χ1v) is 8.96. The van der Waals surface area contributed by atoms with Crippen LogP contribution in [0.5, 0.6) is 5.75 Å². The van der Waals surface area contributed by atoms with E-state index in [1.54, 1.807) is 16.8 Å². The van der Waals surface area contributed by atoms with Crippen molar-refractivity contribution in [3.8, 4) is 16.9 Å². The summed E-state index contributed by atoms with van der Waals surface area (Å²) in [6.07, 6.45) is 0. The maximum atomic E-state index is 14.7. The normalized spacial score (nSPS) is 11.4. The number of rotatable bonds is 4. The van der Waals surface area contributed by atoms with Crippen LogP contribution in [-0.2, 0) is 13.6 Å². The van der Waals surface area contributed by atoms with Crippen molar-refractivity contribution < 1.29 is 17.9 Å². The lowest BCUT2D eigenvalue weighted by Gasteiger charge is -2.08. The van der Waals surface area contributed by atoms with Gasteiger partial charge in [-0.1, -0.05) is 0 Å². The van der Waals surface area contributed by atoms with Gasteiger partial charge in [-0.05, 0) is 43.7 Å². The maximum Gasteiger partial charge on any atom is 0.420 e. The molecule has 2 heterocycles. The van der Waals surface area contributed by atoms with E-state index in [9.17, 15) is 13.6 Å². The first kappa shape index (κ1) is 18.9. The van der Waals surface area contributed by atoms with E-state index < -0.39 is 17.4 Å². The van der Waals surface area contributed by atoms with E-state index in [0.717, 1.165) is 23.0 Å². The van der Waals surface area contributed by atoms with Gasteiger partial charge in [0.15, 0.2) is 11.4 Å². The molecule has 0 saturated carbocycles. The first-order valence-electron chi connectivity index (χ1n) is 8.96. The molecule has 0 aliphatic carbocycles. The minimum absolute atomic E-state index is 0.160. The molecular formula is C21H19F2N3O3. The molecule has 4 aromatic rings. The van der Waals surface area contributed by atoms with E-state index in [1.165, 1.54) is 23.8 Å². The Labute approximate surface area is 164 Å². The molecule has 0 atom stereocenters. The fourth-order valence-corrected chi connectivity index (χ4v) is 3.49. The molecule has 0 N–H and O–H groups in total. The predicted molar refractivity (Wildman–Crippen MR) is 104 cm³/mol. The maximum absolute atomic E-state index is 14.7. The number of benzene rings is 2. The fraction of sp³-hybridized carbons (Fsp3) is 0.238. The SMILES string of the molecule is COc1ccc(-c2cc(F)c3oc(=O)n(Cc4c(C)nn(C)c4C)c3c2)c(F)c1. The van der Waals surface area contributed by atoms with Crippen LogP contribution in [0.15, 0.2) is 39.5 Å². The number of fused-ring (bicyclic) bond motifs is 1. The smallest absolute Gasteiger partial charge is 0.420 e. The van der Waals surface area contributed by atoms with Gasteiger partial charge in [-0.25, -0.2) is 13.6 Å². The average Bonchev–Trinajstić information content (AvgIpc) is 3.12. The summed E-state index contributed by atoms with van der Waals surface area (Å²) in [5.41, 5.74) is 3.09. The molecule has 0 unspecified atom stereocenters. The Hall–Kier alpha value is -3.42. The van der Waals surface area contributed by atoms with Gasteiger partial charge in [-0.3, -0.25) is 9.25 Å². The second kappa shape index (κ2) is 6.88. The van der Waals surface area contributed by atoms with Crippen molar-refractivity contribution in [3.05, 3.63) is 69.5 Å². The molecule has 0 fully saturated rings. The lowest BCUT2D eigenvalue weighted by Crippen LogP contribution is -2.15. The summed E-state index contributed by atoms with van der Waals surface area (Å²) in [7, 11) is 3.25. The van der Waals surface area contributed by atoms with Crippen LogP contribution in [0.25, 0.3) is 22.2 Å². The Kier molecular flexibility index (Phi) is 4.49. The zero-order valence-corrected chi connectivity index (χ0v) is 16.4. The van der Waals surface area contributed by atoms with Gasteiger partial charge in [0, 0.05) is 29.9 Å². The molecule has 4 rings (SSSR count). The number of hydrogen-bond donors (Lipinski definition) is 0. The fourth-order valence-electron chi connectivity index (χ4n) is 3.49. The number of ether oxygens (including phenoxy) is 1. The molecule has 0 amide bonds. The average molecular weight is 399 g/mol. The van der Waals surface area contributed by atoms with Crippen molar-refractivity contribution in [2.24, 2.45) is 7.05 Å². The first-order chi connectivity index (χ1) is 13.8. The van der Waals surface area contributed by atoms with Crippen LogP contribution in [0.4, 0.5) is 8.78 Å². The molecular weight excluding hydrogens is 380 g/mol. The van der Waals surface area contributed by atoms with Crippen LogP contribution >= 0.6 is 0 Å². The van der Waals surface area contributed by atoms with Crippen molar-refractivity contribution in [3.63, 3.8) is 0 Å². The molecule has 2 aromatic heterocycles. The van der Waals surface area contributed by atoms with Crippen molar-refractivity contribution >= 4 is 11.1 Å². The molecule has 0 aliphatic heterocycles. The van der Waals surface area contributed by atoms with E-state index in [4.69, 9.17) is 9.15 Å². The van der Waals surface area contributed by atoms with E-state index >= 15 is 0 Å². The lowest BCUT2D eigenvalue weighted by molar-refractivity contribution is 0.411. The van der Waals surface area contributed by atoms with Crippen LogP contribution in [0.2, 0.25) is 0 Å². The van der Waals surface area contributed by atoms with E-state index in [-0.39, 0.29) is 23.2 Å². The topological polar surface area (TPSA) is 62.2 Å². The molecule has 0 spiro atoms. The summed E-state index contributed by atoms with van der Waals surface area (Å²) < 4.78 is 42.4. The van der Waals surface area contributed by atoms with Crippen molar-refractivity contribution in [1.29, 1.82) is 0 Å². The number of hydrogen-bond acceptors (Lipinski definition) is 4. The van der Waals surface area contributed by atoms with Crippen molar-refractivity contribution in [1.82, 2.24) is 14.3 Å². The minimum Gasteiger partial charge on any atom is -0.497 e. The third kappa shape index (κ3) is 3.10. The second-order valence-electron chi connectivity index (χ2n) is 6.88. The number of methoxy groups -OCH3 is 1. The summed E-state index contributed by atoms with van der Waals surface area (Å²) in [5, 5.41) is 4.35. The van der Waals surface area contributed by atoms with Crippen LogP contribution in [-0.4, -0.2) is 21.5 Å². The summed E-state index contributed by atoms with van der Waals surface area (Å²) >= 11 is 0. The zero-order chi connectivity index (χ0) is 20.9. The Bertz CT molecular complexity index is 1300. The summed E-state index contributed by atoms with van der Waals surface area (Å²) in [6, 6.07) is 7.02. The van der Waals surface area contributed by atoms with E-state index in [2.05, 4.69) is 5.10 Å². The molecule has 0 radical (unpaired) electrons. The van der Waals surface area contributed by atoms with Gasteiger partial charge in [-0.2, -0.15) is 5.10 Å². The number of halogens is 2.